The van der Waals surface area contributed by atoms with Crippen LogP contribution in [-0.2, 0) is 14.3 Å². The molecule has 0 bridgehead atoms. The quantitative estimate of drug-likeness (QED) is 0.442. The lowest BCUT2D eigenvalue weighted by molar-refractivity contribution is -0.145. The van der Waals surface area contributed by atoms with Crippen LogP contribution in [0.2, 0.25) is 5.02 Å². The molecule has 3 atom stereocenters. The van der Waals surface area contributed by atoms with E-state index in [0.29, 0.717) is 35.2 Å². The fraction of sp³-hybridized carbons (Fsp3) is 0.444. The zero-order chi connectivity index (χ0) is 28.8. The van der Waals surface area contributed by atoms with Crippen molar-refractivity contribution in [3.63, 3.8) is 0 Å². The third-order valence-corrected chi connectivity index (χ3v) is 8.85. The molecule has 216 valence electrons. The number of carboxylic acids is 1. The average Bonchev–Trinajstić information content (AvgIpc) is 3.52. The molecule has 1 aliphatic carbocycles. The van der Waals surface area contributed by atoms with Gasteiger partial charge >= 0.3 is 18.0 Å². The Morgan fingerprint density at radius 1 is 1.22 bits per heavy atom. The number of hydrogen-bond donors (Lipinski definition) is 2. The lowest BCUT2D eigenvalue weighted by Crippen LogP contribution is -2.61. The van der Waals surface area contributed by atoms with E-state index in [1.807, 2.05) is 4.90 Å². The monoisotopic (exact) mass is 602 g/mol. The van der Waals surface area contributed by atoms with E-state index < -0.39 is 29.8 Å². The number of nitrogens with one attached hydrogen (secondary N) is 1. The molecule has 1 aromatic heterocycles. The Kier molecular flexibility index (Phi) is 7.43. The number of carbonyl (C=O) groups is 3. The summed E-state index contributed by atoms with van der Waals surface area (Å²) < 4.78 is 19.4. The van der Waals surface area contributed by atoms with Crippen LogP contribution in [0.3, 0.4) is 0 Å². The number of thiazole rings is 1. The number of benzene rings is 1. The summed E-state index contributed by atoms with van der Waals surface area (Å²) in [6.07, 6.45) is 3.55. The molecule has 6 rings (SSSR count). The molecule has 41 heavy (non-hydrogen) atoms. The number of urea groups is 1. The highest BCUT2D eigenvalue weighted by Crippen LogP contribution is 2.38. The summed E-state index contributed by atoms with van der Waals surface area (Å²) in [6, 6.07) is 1.85. The largest absolute Gasteiger partial charge is 0.480 e. The molecule has 4 aliphatic rings. The molecule has 2 aromatic rings. The van der Waals surface area contributed by atoms with E-state index in [1.54, 1.807) is 28.3 Å². The smallest absolute Gasteiger partial charge is 0.338 e. The molecule has 3 fully saturated rings. The first-order valence-corrected chi connectivity index (χ1v) is 14.6. The van der Waals surface area contributed by atoms with E-state index in [9.17, 15) is 23.9 Å². The van der Waals surface area contributed by atoms with Gasteiger partial charge in [-0.25, -0.2) is 19.0 Å². The number of hydrogen-bond acceptors (Lipinski definition) is 9. The third kappa shape index (κ3) is 5.29. The fourth-order valence-electron chi connectivity index (χ4n) is 5.68. The molecule has 1 saturated carbocycles. The number of aliphatic carboxylic acids is 1. The van der Waals surface area contributed by atoms with Crippen molar-refractivity contribution in [3.05, 3.63) is 62.5 Å². The van der Waals surface area contributed by atoms with E-state index >= 15 is 0 Å². The fourth-order valence-corrected chi connectivity index (χ4v) is 6.54. The second kappa shape index (κ2) is 11.0. The van der Waals surface area contributed by atoms with Gasteiger partial charge in [-0.05, 0) is 31.9 Å². The zero-order valence-corrected chi connectivity index (χ0v) is 23.7. The third-order valence-electron chi connectivity index (χ3n) is 7.74. The van der Waals surface area contributed by atoms with Gasteiger partial charge in [0.25, 0.3) is 0 Å². The van der Waals surface area contributed by atoms with Crippen molar-refractivity contribution in [2.24, 2.45) is 4.99 Å². The number of piperazine rings is 1. The molecule has 0 unspecified atom stereocenters. The van der Waals surface area contributed by atoms with Crippen molar-refractivity contribution >= 4 is 46.7 Å². The summed E-state index contributed by atoms with van der Waals surface area (Å²) in [4.78, 5) is 53.3. The van der Waals surface area contributed by atoms with E-state index in [1.165, 1.54) is 23.5 Å². The maximum absolute atomic E-state index is 14.0. The number of aliphatic imine (C=N–C) groups is 1. The predicted octanol–water partition coefficient (Wildman–Crippen LogP) is 2.88. The van der Waals surface area contributed by atoms with Gasteiger partial charge in [-0.1, -0.05) is 17.7 Å². The second-order valence-corrected chi connectivity index (χ2v) is 11.7. The number of ether oxygens (including phenoxy) is 1. The summed E-state index contributed by atoms with van der Waals surface area (Å²) in [5.74, 6) is -1.88. The second-order valence-electron chi connectivity index (χ2n) is 10.4. The van der Waals surface area contributed by atoms with Crippen LogP contribution in [-0.4, -0.2) is 99.5 Å². The van der Waals surface area contributed by atoms with Gasteiger partial charge in [0.05, 0.1) is 18.2 Å². The number of amides is 2. The highest BCUT2D eigenvalue weighted by molar-refractivity contribution is 7.11. The lowest BCUT2D eigenvalue weighted by Gasteiger charge is -2.41. The summed E-state index contributed by atoms with van der Waals surface area (Å²) in [6.45, 7) is 2.68. The van der Waals surface area contributed by atoms with Gasteiger partial charge in [-0.15, -0.1) is 11.3 Å². The van der Waals surface area contributed by atoms with Crippen LogP contribution in [0.15, 0.2) is 46.0 Å². The number of halogens is 2. The van der Waals surface area contributed by atoms with Crippen molar-refractivity contribution in [3.8, 4) is 0 Å². The van der Waals surface area contributed by atoms with Gasteiger partial charge in [0.1, 0.15) is 17.9 Å². The van der Waals surface area contributed by atoms with Crippen LogP contribution < -0.4 is 5.32 Å². The minimum atomic E-state index is -1.07. The van der Waals surface area contributed by atoms with Gasteiger partial charge in [0.15, 0.2) is 10.8 Å². The Bertz CT molecular complexity index is 1450. The number of fused-ring (bicyclic) bond motifs is 1. The van der Waals surface area contributed by atoms with Gasteiger partial charge in [-0.3, -0.25) is 14.7 Å². The molecular weight excluding hydrogens is 575 g/mol. The van der Waals surface area contributed by atoms with E-state index in [2.05, 4.69) is 10.3 Å². The summed E-state index contributed by atoms with van der Waals surface area (Å²) in [5, 5.41) is 15.8. The Morgan fingerprint density at radius 3 is 2.66 bits per heavy atom. The number of aromatic nitrogens is 1. The van der Waals surface area contributed by atoms with E-state index in [4.69, 9.17) is 21.3 Å². The first-order chi connectivity index (χ1) is 19.7. The number of amidine groups is 1. The number of esters is 1. The summed E-state index contributed by atoms with van der Waals surface area (Å²) in [7, 11) is 0. The molecule has 2 amide bonds. The van der Waals surface area contributed by atoms with Crippen molar-refractivity contribution in [1.29, 1.82) is 0 Å². The van der Waals surface area contributed by atoms with Gasteiger partial charge in [0.2, 0.25) is 0 Å². The first-order valence-electron chi connectivity index (χ1n) is 13.4. The summed E-state index contributed by atoms with van der Waals surface area (Å²) >= 11 is 7.79. The summed E-state index contributed by atoms with van der Waals surface area (Å²) in [5.41, 5.74) is 0.927. The van der Waals surface area contributed by atoms with Crippen molar-refractivity contribution in [2.75, 3.05) is 32.8 Å². The normalized spacial score (nSPS) is 24.7. The minimum absolute atomic E-state index is 0.0325. The highest BCUT2D eigenvalue weighted by atomic mass is 35.5. The number of carbonyl (C=O) groups excluding carboxylic acids is 2. The van der Waals surface area contributed by atoms with E-state index in [-0.39, 0.29) is 48.4 Å². The molecule has 0 spiro atoms. The molecule has 4 heterocycles. The van der Waals surface area contributed by atoms with Crippen molar-refractivity contribution in [1.82, 2.24) is 25.0 Å². The van der Waals surface area contributed by atoms with Gasteiger partial charge in [-0.2, -0.15) is 0 Å². The lowest BCUT2D eigenvalue weighted by atomic mass is 9.94. The van der Waals surface area contributed by atoms with E-state index in [0.717, 1.165) is 18.9 Å². The molecular formula is C27H28ClFN6O5S. The Hall–Kier alpha value is -3.55. The Morgan fingerprint density at radius 2 is 2.00 bits per heavy atom. The van der Waals surface area contributed by atoms with Gasteiger partial charge in [0, 0.05) is 60.1 Å². The molecule has 11 nitrogen and oxygen atoms in total. The Balaban J connectivity index is 1.40. The molecule has 2 N–H and O–H groups in total. The average molecular weight is 603 g/mol. The van der Waals surface area contributed by atoms with Crippen LogP contribution in [0.1, 0.15) is 36.4 Å². The number of nitrogens with zero attached hydrogens (tertiary/aromatic N) is 5. The van der Waals surface area contributed by atoms with Crippen molar-refractivity contribution < 1.29 is 28.6 Å². The van der Waals surface area contributed by atoms with Crippen LogP contribution in [0.5, 0.6) is 0 Å². The SMILES string of the molecule is CCOC(=O)C1=C(CN2C[C@H]3CN(C4CC4)C(=O)N3C[C@H]2C(=O)O)NC(c2nccs2)=N[C@H]1c1ccc(F)cc1Cl. The molecule has 1 aromatic carbocycles. The van der Waals surface area contributed by atoms with Crippen LogP contribution >= 0.6 is 22.9 Å². The molecule has 14 heteroatoms. The molecule has 0 radical (unpaired) electrons. The standard InChI is InChI=1S/C27H28ClFN6O5S/c1-2-40-26(38)21-19(12-33-10-16-11-34(15-4-5-15)27(39)35(16)13-20(33)25(36)37)31-23(24-30-7-8-41-24)32-22(21)17-6-3-14(29)9-18(17)28/h3,6-9,15-16,20,22H,2,4-5,10-13H2,1H3,(H,31,32)(H,36,37)/t16-,20-,22-/m0/s1. The molecule has 2 saturated heterocycles. The Labute approximate surface area is 244 Å². The van der Waals surface area contributed by atoms with Crippen LogP contribution in [0.4, 0.5) is 9.18 Å². The molecule has 3 aliphatic heterocycles. The maximum atomic E-state index is 14.0. The topological polar surface area (TPSA) is 128 Å². The van der Waals surface area contributed by atoms with Gasteiger partial charge < -0.3 is 25.0 Å². The number of carboxylic acid groups (broad SMARTS) is 1. The number of rotatable bonds is 8. The predicted molar refractivity (Wildman–Crippen MR) is 148 cm³/mol. The van der Waals surface area contributed by atoms with Crippen LogP contribution in [0, 0.1) is 5.82 Å². The zero-order valence-electron chi connectivity index (χ0n) is 22.1. The van der Waals surface area contributed by atoms with Crippen LogP contribution in [0.25, 0.3) is 0 Å². The first kappa shape index (κ1) is 27.6. The highest BCUT2D eigenvalue weighted by Gasteiger charge is 2.50. The minimum Gasteiger partial charge on any atom is -0.480 e. The maximum Gasteiger partial charge on any atom is 0.338 e. The van der Waals surface area contributed by atoms with Crippen molar-refractivity contribution in [2.45, 2.75) is 43.9 Å².